The summed E-state index contributed by atoms with van der Waals surface area (Å²) in [5, 5.41) is 12.1. The number of hydrogen-bond acceptors (Lipinski definition) is 3. The number of nitrogen functional groups attached to an aromatic ring is 1. The van der Waals surface area contributed by atoms with Crippen molar-refractivity contribution in [3.63, 3.8) is 0 Å². The Hall–Kier alpha value is -2.27. The number of carbonyl (C=O) groups is 1. The third kappa shape index (κ3) is 2.77. The molecule has 0 aliphatic heterocycles. The van der Waals surface area contributed by atoms with E-state index < -0.39 is 11.8 Å². The van der Waals surface area contributed by atoms with Crippen LogP contribution in [0.25, 0.3) is 0 Å². The second kappa shape index (κ2) is 5.16. The molecule has 2 aromatic carbocycles. The zero-order valence-corrected chi connectivity index (χ0v) is 10.4. The van der Waals surface area contributed by atoms with E-state index in [1.54, 1.807) is 6.07 Å². The highest BCUT2D eigenvalue weighted by atomic mass is 35.5. The van der Waals surface area contributed by atoms with Crippen LogP contribution in [0.3, 0.4) is 0 Å². The second-order valence-electron chi connectivity index (χ2n) is 3.82. The summed E-state index contributed by atoms with van der Waals surface area (Å²) in [4.78, 5) is 11.0. The molecular formula is C13H10ClFN2O2. The van der Waals surface area contributed by atoms with Crippen molar-refractivity contribution in [1.82, 2.24) is 0 Å². The Labute approximate surface area is 113 Å². The number of hydrogen-bond donors (Lipinski definition) is 3. The van der Waals surface area contributed by atoms with Gasteiger partial charge in [-0.15, -0.1) is 0 Å². The summed E-state index contributed by atoms with van der Waals surface area (Å²) in [6.45, 7) is 0. The van der Waals surface area contributed by atoms with Crippen molar-refractivity contribution in [2.75, 3.05) is 11.1 Å². The fourth-order valence-electron chi connectivity index (χ4n) is 1.60. The molecule has 4 N–H and O–H groups in total. The molecular weight excluding hydrogens is 271 g/mol. The van der Waals surface area contributed by atoms with Gasteiger partial charge in [0.05, 0.1) is 27.6 Å². The Morgan fingerprint density at radius 1 is 1.26 bits per heavy atom. The fourth-order valence-corrected chi connectivity index (χ4v) is 1.76. The maximum Gasteiger partial charge on any atom is 0.337 e. The van der Waals surface area contributed by atoms with Crippen molar-refractivity contribution in [1.29, 1.82) is 0 Å². The summed E-state index contributed by atoms with van der Waals surface area (Å²) in [5.41, 5.74) is 6.44. The number of anilines is 3. The molecule has 98 valence electrons. The van der Waals surface area contributed by atoms with Crippen LogP contribution in [0.2, 0.25) is 5.02 Å². The minimum absolute atomic E-state index is 0.0301. The maximum atomic E-state index is 13.1. The van der Waals surface area contributed by atoms with E-state index in [1.165, 1.54) is 30.3 Å². The average Bonchev–Trinajstić information content (AvgIpc) is 2.36. The summed E-state index contributed by atoms with van der Waals surface area (Å²) < 4.78 is 13.1. The quantitative estimate of drug-likeness (QED) is 0.752. The number of aromatic carboxylic acids is 1. The van der Waals surface area contributed by atoms with Crippen molar-refractivity contribution in [3.05, 3.63) is 52.8 Å². The lowest BCUT2D eigenvalue weighted by Crippen LogP contribution is -2.05. The van der Waals surface area contributed by atoms with Gasteiger partial charge in [0.1, 0.15) is 5.82 Å². The van der Waals surface area contributed by atoms with Gasteiger partial charge in [-0.3, -0.25) is 0 Å². The Bertz CT molecular complexity index is 647. The van der Waals surface area contributed by atoms with Crippen LogP contribution in [0.1, 0.15) is 10.4 Å². The van der Waals surface area contributed by atoms with Crippen LogP contribution in [0.15, 0.2) is 36.4 Å². The normalized spacial score (nSPS) is 10.2. The zero-order valence-electron chi connectivity index (χ0n) is 9.65. The van der Waals surface area contributed by atoms with Crippen molar-refractivity contribution >= 4 is 34.6 Å². The van der Waals surface area contributed by atoms with Gasteiger partial charge in [-0.05, 0) is 30.3 Å². The van der Waals surface area contributed by atoms with Crippen LogP contribution in [-0.4, -0.2) is 11.1 Å². The standard InChI is InChI=1S/C13H10ClFN2O2/c14-9-5-4-7(15)6-11(9)17-10-3-1-2-8(12(10)16)13(18)19/h1-6,17H,16H2,(H,18,19). The van der Waals surface area contributed by atoms with E-state index in [4.69, 9.17) is 22.4 Å². The Kier molecular flexibility index (Phi) is 3.57. The summed E-state index contributed by atoms with van der Waals surface area (Å²) in [6, 6.07) is 8.34. The first kappa shape index (κ1) is 13.2. The van der Waals surface area contributed by atoms with E-state index in [9.17, 15) is 9.18 Å². The number of para-hydroxylation sites is 1. The first-order valence-corrected chi connectivity index (χ1v) is 5.70. The molecule has 0 spiro atoms. The summed E-state index contributed by atoms with van der Waals surface area (Å²) in [5.74, 6) is -1.59. The number of rotatable bonds is 3. The molecule has 0 aromatic heterocycles. The predicted octanol–water partition coefficient (Wildman–Crippen LogP) is 3.50. The number of nitrogens with two attached hydrogens (primary N) is 1. The van der Waals surface area contributed by atoms with Gasteiger partial charge in [0.25, 0.3) is 0 Å². The first-order chi connectivity index (χ1) is 8.99. The Morgan fingerprint density at radius 3 is 2.68 bits per heavy atom. The summed E-state index contributed by atoms with van der Waals surface area (Å²) >= 11 is 5.91. The van der Waals surface area contributed by atoms with Crippen LogP contribution in [0.5, 0.6) is 0 Å². The summed E-state index contributed by atoms with van der Waals surface area (Å²) in [7, 11) is 0. The molecule has 0 aliphatic rings. The molecule has 19 heavy (non-hydrogen) atoms. The van der Waals surface area contributed by atoms with Gasteiger partial charge in [-0.2, -0.15) is 0 Å². The highest BCUT2D eigenvalue weighted by Crippen LogP contribution is 2.30. The number of carboxylic acids is 1. The van der Waals surface area contributed by atoms with Crippen molar-refractivity contribution in [2.45, 2.75) is 0 Å². The lowest BCUT2D eigenvalue weighted by Gasteiger charge is -2.12. The number of halogens is 2. The van der Waals surface area contributed by atoms with Crippen LogP contribution in [0, 0.1) is 5.82 Å². The highest BCUT2D eigenvalue weighted by Gasteiger charge is 2.12. The minimum Gasteiger partial charge on any atom is -0.478 e. The highest BCUT2D eigenvalue weighted by molar-refractivity contribution is 6.33. The van der Waals surface area contributed by atoms with Crippen molar-refractivity contribution < 1.29 is 14.3 Å². The smallest absolute Gasteiger partial charge is 0.337 e. The molecule has 2 rings (SSSR count). The molecule has 0 aliphatic carbocycles. The Morgan fingerprint density at radius 2 is 2.00 bits per heavy atom. The molecule has 0 fully saturated rings. The number of carboxylic acid groups (broad SMARTS) is 1. The molecule has 0 heterocycles. The van der Waals surface area contributed by atoms with Crippen molar-refractivity contribution in [3.8, 4) is 0 Å². The van der Waals surface area contributed by atoms with Crippen molar-refractivity contribution in [2.24, 2.45) is 0 Å². The van der Waals surface area contributed by atoms with Gasteiger partial charge in [0.15, 0.2) is 0 Å². The van der Waals surface area contributed by atoms with Crippen LogP contribution in [0.4, 0.5) is 21.5 Å². The van der Waals surface area contributed by atoms with Crippen LogP contribution >= 0.6 is 11.6 Å². The molecule has 0 unspecified atom stereocenters. The molecule has 0 saturated carbocycles. The third-order valence-corrected chi connectivity index (χ3v) is 2.86. The van der Waals surface area contributed by atoms with Gasteiger partial charge in [0.2, 0.25) is 0 Å². The third-order valence-electron chi connectivity index (χ3n) is 2.53. The molecule has 0 atom stereocenters. The van der Waals surface area contributed by atoms with Gasteiger partial charge in [-0.25, -0.2) is 9.18 Å². The summed E-state index contributed by atoms with van der Waals surface area (Å²) in [6.07, 6.45) is 0. The largest absolute Gasteiger partial charge is 0.478 e. The number of nitrogens with one attached hydrogen (secondary N) is 1. The topological polar surface area (TPSA) is 75.3 Å². The molecule has 6 heteroatoms. The predicted molar refractivity (Wildman–Crippen MR) is 72.5 cm³/mol. The van der Waals surface area contributed by atoms with E-state index in [-0.39, 0.29) is 11.3 Å². The molecule has 4 nitrogen and oxygen atoms in total. The lowest BCUT2D eigenvalue weighted by molar-refractivity contribution is 0.0698. The van der Waals surface area contributed by atoms with E-state index in [0.29, 0.717) is 16.4 Å². The van der Waals surface area contributed by atoms with Gasteiger partial charge < -0.3 is 16.2 Å². The SMILES string of the molecule is Nc1c(Nc2cc(F)ccc2Cl)cccc1C(=O)O. The Balaban J connectivity index is 2.41. The lowest BCUT2D eigenvalue weighted by atomic mass is 10.1. The fraction of sp³-hybridized carbons (Fsp3) is 0. The second-order valence-corrected chi connectivity index (χ2v) is 4.23. The molecule has 0 amide bonds. The zero-order chi connectivity index (χ0) is 14.0. The molecule has 0 radical (unpaired) electrons. The van der Waals surface area contributed by atoms with Gasteiger partial charge >= 0.3 is 5.97 Å². The van der Waals surface area contributed by atoms with E-state index >= 15 is 0 Å². The molecule has 0 saturated heterocycles. The van der Waals surface area contributed by atoms with Gasteiger partial charge in [-0.1, -0.05) is 17.7 Å². The monoisotopic (exact) mass is 280 g/mol. The average molecular weight is 281 g/mol. The molecule has 0 bridgehead atoms. The van der Waals surface area contributed by atoms with Crippen LogP contribution in [-0.2, 0) is 0 Å². The molecule has 2 aromatic rings. The minimum atomic E-state index is -1.13. The van der Waals surface area contributed by atoms with E-state index in [0.717, 1.165) is 0 Å². The number of benzene rings is 2. The van der Waals surface area contributed by atoms with Crippen LogP contribution < -0.4 is 11.1 Å². The van der Waals surface area contributed by atoms with E-state index in [1.807, 2.05) is 0 Å². The van der Waals surface area contributed by atoms with E-state index in [2.05, 4.69) is 5.32 Å². The maximum absolute atomic E-state index is 13.1. The van der Waals surface area contributed by atoms with Gasteiger partial charge in [0, 0.05) is 0 Å². The first-order valence-electron chi connectivity index (χ1n) is 5.33.